The fourth-order valence-electron chi connectivity index (χ4n) is 5.12. The van der Waals surface area contributed by atoms with Crippen molar-refractivity contribution in [3.05, 3.63) is 29.8 Å². The lowest BCUT2D eigenvalue weighted by Gasteiger charge is -2.38. The van der Waals surface area contributed by atoms with Gasteiger partial charge in [-0.15, -0.1) is 0 Å². The number of benzene rings is 1. The van der Waals surface area contributed by atoms with Gasteiger partial charge in [0.2, 0.25) is 0 Å². The molecule has 0 spiro atoms. The van der Waals surface area contributed by atoms with Crippen molar-refractivity contribution in [2.45, 2.75) is 60.0 Å². The van der Waals surface area contributed by atoms with Crippen LogP contribution in [0.25, 0.3) is 0 Å². The van der Waals surface area contributed by atoms with Crippen molar-refractivity contribution < 1.29 is 0 Å². The second kappa shape index (κ2) is 10.5. The zero-order valence-electron chi connectivity index (χ0n) is 20.5. The second-order valence-electron chi connectivity index (χ2n) is 11.3. The number of rotatable bonds is 7. The van der Waals surface area contributed by atoms with Crippen LogP contribution in [0.3, 0.4) is 0 Å². The summed E-state index contributed by atoms with van der Waals surface area (Å²) in [6.45, 7) is 22.4. The Balaban J connectivity index is 1.40. The average molecular weight is 415 g/mol. The predicted octanol–water partition coefficient (Wildman–Crippen LogP) is 4.41. The molecule has 0 aromatic heterocycles. The van der Waals surface area contributed by atoms with E-state index in [0.717, 1.165) is 25.6 Å². The Kier molecular flexibility index (Phi) is 8.23. The number of nitrogens with zero attached hydrogens (tertiary/aromatic N) is 4. The minimum absolute atomic E-state index is 0.414. The minimum Gasteiger partial charge on any atom is -0.369 e. The topological polar surface area (TPSA) is 13.0 Å². The SMILES string of the molecule is CC(C)N1CCN(c2ccc(CN(C)CC3CCN(CC(C)(C)C)CC3)cc2)CC1. The molecule has 2 saturated heterocycles. The van der Waals surface area contributed by atoms with Crippen LogP contribution in [0.2, 0.25) is 0 Å². The molecule has 2 aliphatic heterocycles. The van der Waals surface area contributed by atoms with Crippen LogP contribution < -0.4 is 4.90 Å². The summed E-state index contributed by atoms with van der Waals surface area (Å²) >= 11 is 0. The van der Waals surface area contributed by atoms with Crippen molar-refractivity contribution in [1.29, 1.82) is 0 Å². The summed E-state index contributed by atoms with van der Waals surface area (Å²) in [5, 5.41) is 0. The highest BCUT2D eigenvalue weighted by Gasteiger charge is 2.24. The molecule has 1 aromatic rings. The molecule has 2 fully saturated rings. The molecule has 0 unspecified atom stereocenters. The van der Waals surface area contributed by atoms with Crippen LogP contribution in [0.15, 0.2) is 24.3 Å². The molecule has 1 aromatic carbocycles. The van der Waals surface area contributed by atoms with Crippen LogP contribution >= 0.6 is 0 Å². The minimum atomic E-state index is 0.414. The Labute approximate surface area is 186 Å². The molecule has 0 radical (unpaired) electrons. The summed E-state index contributed by atoms with van der Waals surface area (Å²) in [6.07, 6.45) is 2.70. The summed E-state index contributed by atoms with van der Waals surface area (Å²) in [5.41, 5.74) is 3.24. The molecule has 4 heteroatoms. The number of piperazine rings is 1. The molecule has 0 N–H and O–H groups in total. The average Bonchev–Trinajstić information content (AvgIpc) is 2.69. The number of anilines is 1. The Hall–Kier alpha value is -1.10. The molecule has 3 rings (SSSR count). The van der Waals surface area contributed by atoms with Crippen molar-refractivity contribution in [3.63, 3.8) is 0 Å². The van der Waals surface area contributed by atoms with Crippen molar-refractivity contribution in [3.8, 4) is 0 Å². The van der Waals surface area contributed by atoms with Crippen LogP contribution in [-0.4, -0.2) is 80.1 Å². The lowest BCUT2D eigenvalue weighted by Crippen LogP contribution is -2.48. The second-order valence-corrected chi connectivity index (χ2v) is 11.3. The smallest absolute Gasteiger partial charge is 0.0367 e. The van der Waals surface area contributed by atoms with Gasteiger partial charge < -0.3 is 14.7 Å². The van der Waals surface area contributed by atoms with Crippen LogP contribution in [0.4, 0.5) is 5.69 Å². The Morgan fingerprint density at radius 2 is 1.53 bits per heavy atom. The first-order valence-corrected chi connectivity index (χ1v) is 12.2. The molecular weight excluding hydrogens is 368 g/mol. The first-order chi connectivity index (χ1) is 14.2. The molecular formula is C26H46N4. The van der Waals surface area contributed by atoms with E-state index in [1.165, 1.54) is 63.4 Å². The van der Waals surface area contributed by atoms with Gasteiger partial charge in [0.15, 0.2) is 0 Å². The largest absolute Gasteiger partial charge is 0.369 e. The maximum absolute atomic E-state index is 2.66. The molecule has 0 aliphatic carbocycles. The third kappa shape index (κ3) is 7.25. The van der Waals surface area contributed by atoms with Gasteiger partial charge in [-0.3, -0.25) is 4.90 Å². The highest BCUT2D eigenvalue weighted by molar-refractivity contribution is 5.48. The number of likely N-dealkylation sites (tertiary alicyclic amines) is 1. The van der Waals surface area contributed by atoms with Gasteiger partial charge in [0.1, 0.15) is 0 Å². The zero-order valence-corrected chi connectivity index (χ0v) is 20.5. The summed E-state index contributed by atoms with van der Waals surface area (Å²) in [4.78, 5) is 10.3. The number of piperidine rings is 1. The van der Waals surface area contributed by atoms with Gasteiger partial charge in [0, 0.05) is 57.5 Å². The van der Waals surface area contributed by atoms with Crippen molar-refractivity contribution in [1.82, 2.24) is 14.7 Å². The molecule has 2 heterocycles. The van der Waals surface area contributed by atoms with E-state index in [9.17, 15) is 0 Å². The van der Waals surface area contributed by atoms with Gasteiger partial charge in [-0.1, -0.05) is 32.9 Å². The monoisotopic (exact) mass is 414 g/mol. The standard InChI is InChI=1S/C26H46N4/c1-22(2)29-15-17-30(18-16-29)25-9-7-23(8-10-25)19-27(6)20-24-11-13-28(14-12-24)21-26(3,4)5/h7-10,22,24H,11-21H2,1-6H3. The van der Waals surface area contributed by atoms with E-state index in [2.05, 4.69) is 85.5 Å². The third-order valence-electron chi connectivity index (χ3n) is 6.77. The maximum Gasteiger partial charge on any atom is 0.0367 e. The van der Waals surface area contributed by atoms with E-state index in [4.69, 9.17) is 0 Å². The van der Waals surface area contributed by atoms with Gasteiger partial charge in [-0.25, -0.2) is 0 Å². The first kappa shape index (κ1) is 23.6. The Bertz CT molecular complexity index is 617. The summed E-state index contributed by atoms with van der Waals surface area (Å²) in [5.74, 6) is 0.850. The fraction of sp³-hybridized carbons (Fsp3) is 0.769. The number of hydrogen-bond donors (Lipinski definition) is 0. The Morgan fingerprint density at radius 1 is 0.933 bits per heavy atom. The lowest BCUT2D eigenvalue weighted by atomic mass is 9.91. The van der Waals surface area contributed by atoms with Crippen LogP contribution in [0.1, 0.15) is 53.0 Å². The van der Waals surface area contributed by atoms with E-state index < -0.39 is 0 Å². The normalized spacial score (nSPS) is 20.5. The van der Waals surface area contributed by atoms with Gasteiger partial charge >= 0.3 is 0 Å². The molecule has 0 saturated carbocycles. The van der Waals surface area contributed by atoms with E-state index in [1.54, 1.807) is 0 Å². The van der Waals surface area contributed by atoms with Gasteiger partial charge in [0.05, 0.1) is 0 Å². The molecule has 0 atom stereocenters. The van der Waals surface area contributed by atoms with Crippen LogP contribution in [0, 0.1) is 11.3 Å². The molecule has 2 aliphatic rings. The van der Waals surface area contributed by atoms with E-state index in [-0.39, 0.29) is 0 Å². The van der Waals surface area contributed by atoms with E-state index in [1.807, 2.05) is 0 Å². The molecule has 30 heavy (non-hydrogen) atoms. The van der Waals surface area contributed by atoms with E-state index in [0.29, 0.717) is 11.5 Å². The van der Waals surface area contributed by atoms with Gasteiger partial charge in [0.25, 0.3) is 0 Å². The molecule has 4 nitrogen and oxygen atoms in total. The van der Waals surface area contributed by atoms with Crippen molar-refractivity contribution in [2.75, 3.05) is 64.3 Å². The van der Waals surface area contributed by atoms with Gasteiger partial charge in [-0.05, 0) is 75.9 Å². The molecule has 0 bridgehead atoms. The third-order valence-corrected chi connectivity index (χ3v) is 6.77. The number of hydrogen-bond acceptors (Lipinski definition) is 4. The highest BCUT2D eigenvalue weighted by atomic mass is 15.3. The predicted molar refractivity (Wildman–Crippen MR) is 130 cm³/mol. The highest BCUT2D eigenvalue weighted by Crippen LogP contribution is 2.23. The zero-order chi connectivity index (χ0) is 21.7. The summed E-state index contributed by atoms with van der Waals surface area (Å²) in [6, 6.07) is 10.0. The summed E-state index contributed by atoms with van der Waals surface area (Å²) in [7, 11) is 2.29. The van der Waals surface area contributed by atoms with Crippen molar-refractivity contribution >= 4 is 5.69 Å². The Morgan fingerprint density at radius 3 is 2.07 bits per heavy atom. The van der Waals surface area contributed by atoms with Crippen molar-refractivity contribution in [2.24, 2.45) is 11.3 Å². The van der Waals surface area contributed by atoms with Gasteiger partial charge in [-0.2, -0.15) is 0 Å². The van der Waals surface area contributed by atoms with Crippen LogP contribution in [-0.2, 0) is 6.54 Å². The summed E-state index contributed by atoms with van der Waals surface area (Å²) < 4.78 is 0. The first-order valence-electron chi connectivity index (χ1n) is 12.2. The molecule has 170 valence electrons. The molecule has 0 amide bonds. The quantitative estimate of drug-likeness (QED) is 0.655. The van der Waals surface area contributed by atoms with E-state index >= 15 is 0 Å². The lowest BCUT2D eigenvalue weighted by molar-refractivity contribution is 0.119. The fourth-order valence-corrected chi connectivity index (χ4v) is 5.12. The van der Waals surface area contributed by atoms with Crippen LogP contribution in [0.5, 0.6) is 0 Å². The maximum atomic E-state index is 2.66.